The number of nitrogens with one attached hydrogen (secondary N) is 1. The van der Waals surface area contributed by atoms with E-state index in [0.717, 1.165) is 42.5 Å². The van der Waals surface area contributed by atoms with Crippen molar-refractivity contribution in [2.45, 2.75) is 18.9 Å². The van der Waals surface area contributed by atoms with Crippen LogP contribution in [-0.4, -0.2) is 60.0 Å². The molecule has 1 aliphatic rings. The summed E-state index contributed by atoms with van der Waals surface area (Å²) in [6, 6.07) is 13.7. The standard InChI is InChI=1S/C26H28N8O2/c1-31-12-10-19(11-13-31)36-23-6-4-5-22(29-23)34-24-20(25(35)33(34)3)16-27-26(30-24)28-18-7-8-21-17(15-18)9-14-32(21)2/h4-9,14-16,19H,10-13H2,1-3H3,(H,27,28,30). The molecule has 36 heavy (non-hydrogen) atoms. The van der Waals surface area contributed by atoms with Gasteiger partial charge in [-0.1, -0.05) is 6.07 Å². The molecule has 1 aliphatic heterocycles. The van der Waals surface area contributed by atoms with Crippen molar-refractivity contribution < 1.29 is 4.74 Å². The minimum atomic E-state index is -0.189. The molecule has 10 nitrogen and oxygen atoms in total. The van der Waals surface area contributed by atoms with Crippen molar-refractivity contribution in [1.29, 1.82) is 0 Å². The second kappa shape index (κ2) is 8.80. The number of rotatable bonds is 5. The average molecular weight is 485 g/mol. The van der Waals surface area contributed by atoms with Gasteiger partial charge in [0.25, 0.3) is 5.56 Å². The van der Waals surface area contributed by atoms with Crippen LogP contribution in [0.2, 0.25) is 0 Å². The Morgan fingerprint density at radius 3 is 2.69 bits per heavy atom. The Bertz CT molecular complexity index is 1620. The van der Waals surface area contributed by atoms with Crippen molar-refractivity contribution in [3.05, 3.63) is 65.2 Å². The van der Waals surface area contributed by atoms with Crippen molar-refractivity contribution in [3.8, 4) is 11.7 Å². The second-order valence-electron chi connectivity index (χ2n) is 9.35. The molecule has 4 aromatic heterocycles. The number of aryl methyl sites for hydroxylation is 1. The van der Waals surface area contributed by atoms with Crippen LogP contribution in [0.15, 0.2) is 59.7 Å². The third-order valence-electron chi connectivity index (χ3n) is 6.81. The summed E-state index contributed by atoms with van der Waals surface area (Å²) in [5.74, 6) is 1.50. The molecule has 0 bridgehead atoms. The van der Waals surface area contributed by atoms with Gasteiger partial charge in [-0.3, -0.25) is 4.79 Å². The summed E-state index contributed by atoms with van der Waals surface area (Å²) in [6.07, 6.45) is 5.64. The van der Waals surface area contributed by atoms with Gasteiger partial charge in [-0.15, -0.1) is 0 Å². The topological polar surface area (TPSA) is 95.0 Å². The van der Waals surface area contributed by atoms with Gasteiger partial charge >= 0.3 is 0 Å². The summed E-state index contributed by atoms with van der Waals surface area (Å²) < 4.78 is 11.5. The van der Waals surface area contributed by atoms with Crippen LogP contribution >= 0.6 is 0 Å². The molecule has 5 heterocycles. The van der Waals surface area contributed by atoms with Gasteiger partial charge in [0, 0.05) is 62.2 Å². The first kappa shape index (κ1) is 22.3. The number of benzene rings is 1. The molecule has 0 unspecified atom stereocenters. The highest BCUT2D eigenvalue weighted by molar-refractivity contribution is 5.84. The number of hydrogen-bond donors (Lipinski definition) is 1. The zero-order chi connectivity index (χ0) is 24.8. The van der Waals surface area contributed by atoms with Crippen LogP contribution in [0.3, 0.4) is 0 Å². The van der Waals surface area contributed by atoms with E-state index in [0.29, 0.717) is 28.7 Å². The zero-order valence-electron chi connectivity index (χ0n) is 20.5. The summed E-state index contributed by atoms with van der Waals surface area (Å²) in [4.78, 5) is 29.1. The largest absolute Gasteiger partial charge is 0.474 e. The van der Waals surface area contributed by atoms with Gasteiger partial charge in [-0.05, 0) is 50.2 Å². The average Bonchev–Trinajstić information content (AvgIpc) is 3.37. The Hall–Kier alpha value is -4.18. The lowest BCUT2D eigenvalue weighted by atomic mass is 10.1. The number of anilines is 2. The zero-order valence-corrected chi connectivity index (χ0v) is 20.5. The molecule has 0 amide bonds. The minimum absolute atomic E-state index is 0.134. The van der Waals surface area contributed by atoms with E-state index < -0.39 is 0 Å². The van der Waals surface area contributed by atoms with Gasteiger partial charge in [0.1, 0.15) is 11.5 Å². The van der Waals surface area contributed by atoms with Crippen molar-refractivity contribution >= 4 is 33.6 Å². The Labute approximate surface area is 207 Å². The first-order valence-corrected chi connectivity index (χ1v) is 12.1. The van der Waals surface area contributed by atoms with Crippen LogP contribution in [-0.2, 0) is 14.1 Å². The Kier molecular flexibility index (Phi) is 5.45. The number of fused-ring (bicyclic) bond motifs is 2. The number of hydrogen-bond acceptors (Lipinski definition) is 7. The molecule has 10 heteroatoms. The van der Waals surface area contributed by atoms with Crippen molar-refractivity contribution in [1.82, 2.24) is 33.8 Å². The van der Waals surface area contributed by atoms with Crippen LogP contribution in [0.4, 0.5) is 11.6 Å². The normalized spacial score (nSPS) is 15.1. The molecule has 0 aliphatic carbocycles. The lowest BCUT2D eigenvalue weighted by Crippen LogP contribution is -2.35. The van der Waals surface area contributed by atoms with Gasteiger partial charge in [0.15, 0.2) is 11.5 Å². The highest BCUT2D eigenvalue weighted by Gasteiger charge is 2.20. The van der Waals surface area contributed by atoms with Gasteiger partial charge in [-0.25, -0.2) is 14.3 Å². The molecule has 1 fully saturated rings. The first-order valence-electron chi connectivity index (χ1n) is 12.1. The third-order valence-corrected chi connectivity index (χ3v) is 6.81. The maximum atomic E-state index is 12.9. The van der Waals surface area contributed by atoms with E-state index in [1.807, 2.05) is 43.6 Å². The predicted molar refractivity (Wildman–Crippen MR) is 139 cm³/mol. The Morgan fingerprint density at radius 2 is 1.86 bits per heavy atom. The molecular formula is C26H28N8O2. The summed E-state index contributed by atoms with van der Waals surface area (Å²) in [7, 11) is 5.84. The fraction of sp³-hybridized carbons (Fsp3) is 0.308. The molecule has 5 aromatic rings. The van der Waals surface area contributed by atoms with Crippen LogP contribution in [0.1, 0.15) is 12.8 Å². The fourth-order valence-electron chi connectivity index (χ4n) is 4.76. The number of aromatic nitrogens is 6. The van der Waals surface area contributed by atoms with Crippen LogP contribution in [0.25, 0.3) is 27.8 Å². The molecular weight excluding hydrogens is 456 g/mol. The first-order chi connectivity index (χ1) is 17.5. The number of pyridine rings is 1. The highest BCUT2D eigenvalue weighted by Crippen LogP contribution is 2.23. The van der Waals surface area contributed by atoms with Gasteiger partial charge in [0.2, 0.25) is 11.8 Å². The van der Waals surface area contributed by atoms with Gasteiger partial charge < -0.3 is 19.5 Å². The summed E-state index contributed by atoms with van der Waals surface area (Å²) in [5, 5.41) is 4.81. The van der Waals surface area contributed by atoms with Crippen LogP contribution < -0.4 is 15.6 Å². The fourth-order valence-corrected chi connectivity index (χ4v) is 4.76. The predicted octanol–water partition coefficient (Wildman–Crippen LogP) is 3.22. The maximum absolute atomic E-state index is 12.9. The van der Waals surface area contributed by atoms with E-state index in [-0.39, 0.29) is 11.7 Å². The highest BCUT2D eigenvalue weighted by atomic mass is 16.5. The molecule has 0 radical (unpaired) electrons. The summed E-state index contributed by atoms with van der Waals surface area (Å²) >= 11 is 0. The smallest absolute Gasteiger partial charge is 0.277 e. The summed E-state index contributed by atoms with van der Waals surface area (Å²) in [6.45, 7) is 2.01. The second-order valence-corrected chi connectivity index (χ2v) is 9.35. The Morgan fingerprint density at radius 1 is 1.03 bits per heavy atom. The number of piperidine rings is 1. The molecule has 1 saturated heterocycles. The lowest BCUT2D eigenvalue weighted by Gasteiger charge is -2.29. The third kappa shape index (κ3) is 3.99. The van der Waals surface area contributed by atoms with Crippen molar-refractivity contribution in [2.24, 2.45) is 14.1 Å². The van der Waals surface area contributed by atoms with Gasteiger partial charge in [0.05, 0.1) is 0 Å². The molecule has 0 atom stereocenters. The number of ether oxygens (including phenoxy) is 1. The molecule has 1 N–H and O–H groups in total. The lowest BCUT2D eigenvalue weighted by molar-refractivity contribution is 0.110. The van der Waals surface area contributed by atoms with E-state index in [2.05, 4.69) is 38.9 Å². The molecule has 1 aromatic carbocycles. The van der Waals surface area contributed by atoms with Crippen LogP contribution in [0, 0.1) is 0 Å². The molecule has 6 rings (SSSR count). The monoisotopic (exact) mass is 484 g/mol. The molecule has 184 valence electrons. The van der Waals surface area contributed by atoms with E-state index >= 15 is 0 Å². The van der Waals surface area contributed by atoms with E-state index in [1.165, 1.54) is 4.68 Å². The van der Waals surface area contributed by atoms with Crippen molar-refractivity contribution in [3.63, 3.8) is 0 Å². The van der Waals surface area contributed by atoms with Crippen molar-refractivity contribution in [2.75, 3.05) is 25.5 Å². The summed E-state index contributed by atoms with van der Waals surface area (Å²) in [5.41, 5.74) is 2.29. The SMILES string of the molecule is CN1CCC(Oc2cccc(-n3c4nc(Nc5ccc6c(ccn6C)c5)ncc4c(=O)n3C)n2)CC1. The van der Waals surface area contributed by atoms with E-state index in [1.54, 1.807) is 17.9 Å². The minimum Gasteiger partial charge on any atom is -0.474 e. The Balaban J connectivity index is 1.34. The van der Waals surface area contributed by atoms with E-state index in [4.69, 9.17) is 14.7 Å². The quantitative estimate of drug-likeness (QED) is 0.409. The van der Waals surface area contributed by atoms with E-state index in [9.17, 15) is 4.79 Å². The molecule has 0 spiro atoms. The van der Waals surface area contributed by atoms with Crippen LogP contribution in [0.5, 0.6) is 5.88 Å². The number of nitrogens with zero attached hydrogens (tertiary/aromatic N) is 7. The van der Waals surface area contributed by atoms with Gasteiger partial charge in [-0.2, -0.15) is 9.97 Å². The number of likely N-dealkylation sites (tertiary alicyclic amines) is 1. The molecule has 0 saturated carbocycles. The maximum Gasteiger partial charge on any atom is 0.277 e.